The van der Waals surface area contributed by atoms with Crippen LogP contribution in [0.25, 0.3) is 0 Å². The molecule has 0 aliphatic heterocycles. The molecular formula is C12H14N4O2S. The third-order valence-corrected chi connectivity index (χ3v) is 3.10. The molecule has 6 nitrogen and oxygen atoms in total. The number of pyridine rings is 1. The van der Waals surface area contributed by atoms with Gasteiger partial charge in [-0.05, 0) is 13.0 Å². The van der Waals surface area contributed by atoms with Crippen LogP contribution in [0.4, 0.5) is 11.5 Å². The van der Waals surface area contributed by atoms with Crippen LogP contribution in [0.3, 0.4) is 0 Å². The van der Waals surface area contributed by atoms with Crippen molar-refractivity contribution in [2.45, 2.75) is 13.5 Å². The summed E-state index contributed by atoms with van der Waals surface area (Å²) in [5, 5.41) is 3.09. The molecule has 0 bridgehead atoms. The van der Waals surface area contributed by atoms with Crippen molar-refractivity contribution in [2.24, 2.45) is 0 Å². The number of nitrogens with two attached hydrogens (primary N) is 1. The van der Waals surface area contributed by atoms with Crippen LogP contribution in [0.2, 0.25) is 0 Å². The Morgan fingerprint density at radius 1 is 1.53 bits per heavy atom. The zero-order valence-corrected chi connectivity index (χ0v) is 11.2. The van der Waals surface area contributed by atoms with E-state index in [1.54, 1.807) is 24.7 Å². The maximum Gasteiger partial charge on any atom is 0.341 e. The molecule has 0 aliphatic carbocycles. The monoisotopic (exact) mass is 278 g/mol. The highest BCUT2D eigenvalue weighted by Crippen LogP contribution is 2.18. The molecule has 2 heterocycles. The largest absolute Gasteiger partial charge is 0.462 e. The lowest BCUT2D eigenvalue weighted by atomic mass is 10.2. The Kier molecular flexibility index (Phi) is 4.30. The highest BCUT2D eigenvalue weighted by molar-refractivity contribution is 7.09. The van der Waals surface area contributed by atoms with E-state index in [-0.39, 0.29) is 0 Å². The van der Waals surface area contributed by atoms with E-state index in [1.807, 2.05) is 0 Å². The van der Waals surface area contributed by atoms with Crippen molar-refractivity contribution in [3.63, 3.8) is 0 Å². The fourth-order valence-electron chi connectivity index (χ4n) is 1.49. The number of ether oxygens (including phenoxy) is 1. The Balaban J connectivity index is 2.16. The second-order valence-electron chi connectivity index (χ2n) is 3.71. The van der Waals surface area contributed by atoms with E-state index in [4.69, 9.17) is 10.5 Å². The molecule has 2 aromatic heterocycles. The standard InChI is InChI=1S/C12H14N4O2S/c1-2-18-12(17)10-3-8(13)4-15-11(10)16-6-9-5-14-7-19-9/h3-5,7H,2,6,13H2,1H3,(H,15,16). The minimum atomic E-state index is -0.436. The van der Waals surface area contributed by atoms with Crippen molar-refractivity contribution in [3.8, 4) is 0 Å². The average Bonchev–Trinajstić information content (AvgIpc) is 2.90. The van der Waals surface area contributed by atoms with Crippen molar-refractivity contribution in [3.05, 3.63) is 34.4 Å². The van der Waals surface area contributed by atoms with Gasteiger partial charge in [0.15, 0.2) is 0 Å². The van der Waals surface area contributed by atoms with Crippen molar-refractivity contribution in [1.29, 1.82) is 0 Å². The number of carbonyl (C=O) groups excluding carboxylic acids is 1. The quantitative estimate of drug-likeness (QED) is 0.812. The lowest BCUT2D eigenvalue weighted by Crippen LogP contribution is -2.11. The summed E-state index contributed by atoms with van der Waals surface area (Å²) < 4.78 is 4.98. The fraction of sp³-hybridized carbons (Fsp3) is 0.250. The van der Waals surface area contributed by atoms with Gasteiger partial charge in [-0.25, -0.2) is 9.78 Å². The van der Waals surface area contributed by atoms with Crippen LogP contribution in [0, 0.1) is 0 Å². The van der Waals surface area contributed by atoms with E-state index >= 15 is 0 Å². The minimum absolute atomic E-state index is 0.307. The molecule has 3 N–H and O–H groups in total. The Labute approximate surface area is 114 Å². The van der Waals surface area contributed by atoms with Gasteiger partial charge in [-0.1, -0.05) is 0 Å². The number of hydrogen-bond acceptors (Lipinski definition) is 7. The summed E-state index contributed by atoms with van der Waals surface area (Å²) in [5.41, 5.74) is 8.16. The summed E-state index contributed by atoms with van der Waals surface area (Å²) in [6, 6.07) is 1.56. The van der Waals surface area contributed by atoms with Gasteiger partial charge in [-0.2, -0.15) is 0 Å². The second kappa shape index (κ2) is 6.14. The van der Waals surface area contributed by atoms with Gasteiger partial charge in [0.05, 0.1) is 30.5 Å². The molecule has 0 unspecified atom stereocenters. The molecule has 0 atom stereocenters. The molecule has 19 heavy (non-hydrogen) atoms. The lowest BCUT2D eigenvalue weighted by molar-refractivity contribution is 0.0527. The van der Waals surface area contributed by atoms with E-state index in [0.717, 1.165) is 4.88 Å². The van der Waals surface area contributed by atoms with Gasteiger partial charge in [-0.15, -0.1) is 11.3 Å². The van der Waals surface area contributed by atoms with Crippen LogP contribution in [0.15, 0.2) is 24.0 Å². The summed E-state index contributed by atoms with van der Waals surface area (Å²) in [7, 11) is 0. The fourth-order valence-corrected chi connectivity index (χ4v) is 2.02. The highest BCUT2D eigenvalue weighted by atomic mass is 32.1. The Bertz CT molecular complexity index is 557. The van der Waals surface area contributed by atoms with Crippen LogP contribution < -0.4 is 11.1 Å². The maximum absolute atomic E-state index is 11.8. The molecule has 0 radical (unpaired) electrons. The van der Waals surface area contributed by atoms with Crippen LogP contribution in [0.5, 0.6) is 0 Å². The predicted octanol–water partition coefficient (Wildman–Crippen LogP) is 1.91. The van der Waals surface area contributed by atoms with Gasteiger partial charge in [0.25, 0.3) is 0 Å². The van der Waals surface area contributed by atoms with E-state index in [9.17, 15) is 4.79 Å². The molecule has 0 spiro atoms. The number of nitrogen functional groups attached to an aromatic ring is 1. The number of rotatable bonds is 5. The van der Waals surface area contributed by atoms with Crippen molar-refractivity contribution in [1.82, 2.24) is 9.97 Å². The van der Waals surface area contributed by atoms with Gasteiger partial charge >= 0.3 is 5.97 Å². The normalized spacial score (nSPS) is 10.2. The number of esters is 1. The first-order valence-corrected chi connectivity index (χ1v) is 6.62. The van der Waals surface area contributed by atoms with Crippen molar-refractivity contribution < 1.29 is 9.53 Å². The summed E-state index contributed by atoms with van der Waals surface area (Å²) in [6.45, 7) is 2.61. The first kappa shape index (κ1) is 13.3. The number of nitrogens with zero attached hydrogens (tertiary/aromatic N) is 2. The highest BCUT2D eigenvalue weighted by Gasteiger charge is 2.14. The van der Waals surface area contributed by atoms with Crippen molar-refractivity contribution >= 4 is 28.8 Å². The zero-order chi connectivity index (χ0) is 13.7. The molecule has 0 saturated carbocycles. The first-order valence-electron chi connectivity index (χ1n) is 5.74. The summed E-state index contributed by atoms with van der Waals surface area (Å²) in [4.78, 5) is 21.0. The third kappa shape index (κ3) is 3.41. The molecule has 0 saturated heterocycles. The molecule has 7 heteroatoms. The third-order valence-electron chi connectivity index (χ3n) is 2.32. The average molecular weight is 278 g/mol. The number of thiazole rings is 1. The van der Waals surface area contributed by atoms with Crippen LogP contribution in [-0.2, 0) is 11.3 Å². The minimum Gasteiger partial charge on any atom is -0.462 e. The molecule has 0 amide bonds. The van der Waals surface area contributed by atoms with Crippen LogP contribution in [-0.4, -0.2) is 22.5 Å². The van der Waals surface area contributed by atoms with Crippen LogP contribution in [0.1, 0.15) is 22.2 Å². The number of carbonyl (C=O) groups is 1. The lowest BCUT2D eigenvalue weighted by Gasteiger charge is -2.10. The first-order chi connectivity index (χ1) is 9.20. The second-order valence-corrected chi connectivity index (χ2v) is 4.68. The van der Waals surface area contributed by atoms with Crippen molar-refractivity contribution in [2.75, 3.05) is 17.7 Å². The molecule has 0 aliphatic rings. The van der Waals surface area contributed by atoms with Gasteiger partial charge in [-0.3, -0.25) is 4.98 Å². The topological polar surface area (TPSA) is 90.1 Å². The Morgan fingerprint density at radius 3 is 3.05 bits per heavy atom. The van der Waals surface area contributed by atoms with E-state index in [0.29, 0.717) is 30.2 Å². The number of aromatic nitrogens is 2. The summed E-state index contributed by atoms with van der Waals surface area (Å²) >= 11 is 1.53. The number of hydrogen-bond donors (Lipinski definition) is 2. The van der Waals surface area contributed by atoms with Gasteiger partial charge in [0.1, 0.15) is 11.4 Å². The molecule has 0 aromatic carbocycles. The SMILES string of the molecule is CCOC(=O)c1cc(N)cnc1NCc1cncs1. The van der Waals surface area contributed by atoms with Gasteiger partial charge in [0, 0.05) is 11.1 Å². The molecule has 100 valence electrons. The molecule has 2 rings (SSSR count). The zero-order valence-electron chi connectivity index (χ0n) is 10.4. The number of anilines is 2. The maximum atomic E-state index is 11.8. The van der Waals surface area contributed by atoms with Gasteiger partial charge in [0.2, 0.25) is 0 Å². The van der Waals surface area contributed by atoms with E-state index < -0.39 is 5.97 Å². The summed E-state index contributed by atoms with van der Waals surface area (Å²) in [5.74, 6) is 0.0233. The molecular weight excluding hydrogens is 264 g/mol. The Hall–Kier alpha value is -2.15. The predicted molar refractivity (Wildman–Crippen MR) is 74.0 cm³/mol. The summed E-state index contributed by atoms with van der Waals surface area (Å²) in [6.07, 6.45) is 3.26. The Morgan fingerprint density at radius 2 is 2.37 bits per heavy atom. The molecule has 2 aromatic rings. The van der Waals surface area contributed by atoms with E-state index in [2.05, 4.69) is 15.3 Å². The van der Waals surface area contributed by atoms with Gasteiger partial charge < -0.3 is 15.8 Å². The van der Waals surface area contributed by atoms with Crippen LogP contribution >= 0.6 is 11.3 Å². The smallest absolute Gasteiger partial charge is 0.341 e. The van der Waals surface area contributed by atoms with E-state index in [1.165, 1.54) is 17.5 Å². The molecule has 0 fully saturated rings. The number of nitrogens with one attached hydrogen (secondary N) is 1.